The molecule has 1 N–H and O–H groups in total. The number of pyridine rings is 2. The molecule has 1 aromatic carbocycles. The Kier molecular flexibility index (Phi) is 7.54. The number of benzene rings is 1. The van der Waals surface area contributed by atoms with Crippen molar-refractivity contribution in [3.05, 3.63) is 81.5 Å². The van der Waals surface area contributed by atoms with Crippen LogP contribution in [0.1, 0.15) is 41.7 Å². The summed E-state index contributed by atoms with van der Waals surface area (Å²) in [6.07, 6.45) is 1.34. The minimum Gasteiger partial charge on any atom is -0.497 e. The van der Waals surface area contributed by atoms with E-state index < -0.39 is 34.8 Å². The van der Waals surface area contributed by atoms with Crippen molar-refractivity contribution in [1.82, 2.24) is 24.4 Å². The van der Waals surface area contributed by atoms with E-state index in [0.717, 1.165) is 12.3 Å². The molecule has 1 amide bonds. The van der Waals surface area contributed by atoms with E-state index in [9.17, 15) is 27.2 Å². The van der Waals surface area contributed by atoms with Crippen LogP contribution < -0.4 is 15.7 Å². The lowest BCUT2D eigenvalue weighted by Gasteiger charge is -2.29. The number of ether oxygens (including phenoxy) is 1. The molecule has 8 nitrogen and oxygen atoms in total. The number of aromatic nitrogens is 4. The third-order valence-electron chi connectivity index (χ3n) is 7.12. The zero-order chi connectivity index (χ0) is 28.6. The zero-order valence-electron chi connectivity index (χ0n) is 21.2. The van der Waals surface area contributed by atoms with Crippen LogP contribution >= 0.6 is 11.6 Å². The maximum absolute atomic E-state index is 14.8. The number of nitrogens with zero attached hydrogens (tertiary/aromatic N) is 4. The highest BCUT2D eigenvalue weighted by Crippen LogP contribution is 2.32. The zero-order valence-corrected chi connectivity index (χ0v) is 22.0. The fourth-order valence-electron chi connectivity index (χ4n) is 5.15. The van der Waals surface area contributed by atoms with Crippen LogP contribution in [0.5, 0.6) is 5.75 Å². The second kappa shape index (κ2) is 10.9. The molecule has 0 saturated heterocycles. The van der Waals surface area contributed by atoms with E-state index in [1.807, 2.05) is 0 Å². The van der Waals surface area contributed by atoms with Crippen molar-refractivity contribution in [2.24, 2.45) is 5.92 Å². The predicted molar refractivity (Wildman–Crippen MR) is 139 cm³/mol. The number of nitrogens with one attached hydrogen (secondary N) is 1. The Hall–Kier alpha value is -3.93. The van der Waals surface area contributed by atoms with Crippen molar-refractivity contribution in [2.75, 3.05) is 7.11 Å². The van der Waals surface area contributed by atoms with Gasteiger partial charge in [0.1, 0.15) is 11.6 Å². The first-order chi connectivity index (χ1) is 19.1. The van der Waals surface area contributed by atoms with Crippen molar-refractivity contribution in [3.63, 3.8) is 0 Å². The summed E-state index contributed by atoms with van der Waals surface area (Å²) in [7, 11) is 1.45. The average molecular weight is 578 g/mol. The summed E-state index contributed by atoms with van der Waals surface area (Å²) in [4.78, 5) is 33.7. The van der Waals surface area contributed by atoms with Crippen LogP contribution in [0.4, 0.5) is 17.6 Å². The Balaban J connectivity index is 1.33. The summed E-state index contributed by atoms with van der Waals surface area (Å²) in [5.41, 5.74) is -1.26. The summed E-state index contributed by atoms with van der Waals surface area (Å²) in [5, 5.41) is 2.59. The van der Waals surface area contributed by atoms with Gasteiger partial charge in [0.2, 0.25) is 0 Å². The number of halogens is 5. The van der Waals surface area contributed by atoms with Crippen LogP contribution in [-0.2, 0) is 12.7 Å². The Morgan fingerprint density at radius 3 is 2.58 bits per heavy atom. The van der Waals surface area contributed by atoms with Gasteiger partial charge in [0.25, 0.3) is 5.91 Å². The molecule has 40 heavy (non-hydrogen) atoms. The smallest absolute Gasteiger partial charge is 0.434 e. The number of imidazole rings is 1. The van der Waals surface area contributed by atoms with Gasteiger partial charge >= 0.3 is 11.9 Å². The van der Waals surface area contributed by atoms with E-state index in [0.29, 0.717) is 49.0 Å². The lowest BCUT2D eigenvalue weighted by atomic mass is 9.85. The average Bonchev–Trinajstić information content (AvgIpc) is 3.20. The normalized spacial score (nSPS) is 17.6. The summed E-state index contributed by atoms with van der Waals surface area (Å²) in [5.74, 6) is -1.04. The monoisotopic (exact) mass is 577 g/mol. The Bertz CT molecular complexity index is 1630. The molecule has 0 unspecified atom stereocenters. The van der Waals surface area contributed by atoms with Crippen LogP contribution in [0.15, 0.2) is 53.7 Å². The van der Waals surface area contributed by atoms with Gasteiger partial charge in [-0.05, 0) is 55.9 Å². The highest BCUT2D eigenvalue weighted by atomic mass is 35.5. The molecule has 3 aromatic heterocycles. The number of methoxy groups -OCH3 is 1. The second-order valence-electron chi connectivity index (χ2n) is 9.65. The molecule has 0 spiro atoms. The van der Waals surface area contributed by atoms with Crippen LogP contribution in [-0.4, -0.2) is 38.2 Å². The van der Waals surface area contributed by atoms with Gasteiger partial charge in [-0.1, -0.05) is 11.6 Å². The van der Waals surface area contributed by atoms with Gasteiger partial charge in [-0.25, -0.2) is 14.2 Å². The summed E-state index contributed by atoms with van der Waals surface area (Å²) in [6, 6.07) is 6.40. The fourth-order valence-corrected chi connectivity index (χ4v) is 5.31. The van der Waals surface area contributed by atoms with Crippen molar-refractivity contribution in [2.45, 2.75) is 44.4 Å². The lowest BCUT2D eigenvalue weighted by Crippen LogP contribution is -2.39. The molecule has 0 aliphatic heterocycles. The van der Waals surface area contributed by atoms with E-state index in [4.69, 9.17) is 16.3 Å². The number of amides is 1. The van der Waals surface area contributed by atoms with Gasteiger partial charge < -0.3 is 10.1 Å². The Morgan fingerprint density at radius 1 is 1.12 bits per heavy atom. The quantitative estimate of drug-likeness (QED) is 0.310. The lowest BCUT2D eigenvalue weighted by molar-refractivity contribution is -0.141. The standard InChI is InChI=1S/C27H24ClF4N5O3/c1-40-18-6-7-20(29)22(11-18)37-21-8-9-33-13-23(21)36(26(37)39)14-15-2-4-17(5-3-15)35-25(38)19-10-16(28)12-34-24(19)27(30,31)32/h6-13,15,17H,2-5,14H2,1H3,(H,35,38). The van der Waals surface area contributed by atoms with Crippen LogP contribution in [0, 0.1) is 11.7 Å². The van der Waals surface area contributed by atoms with Gasteiger partial charge in [0.05, 0.1) is 40.6 Å². The van der Waals surface area contributed by atoms with Gasteiger partial charge in [-0.2, -0.15) is 13.2 Å². The van der Waals surface area contributed by atoms with Gasteiger partial charge in [-0.15, -0.1) is 0 Å². The van der Waals surface area contributed by atoms with E-state index in [1.54, 1.807) is 16.8 Å². The minimum absolute atomic E-state index is 0.0406. The summed E-state index contributed by atoms with van der Waals surface area (Å²) in [6.45, 7) is 0.330. The predicted octanol–water partition coefficient (Wildman–Crippen LogP) is 5.39. The SMILES string of the molecule is COc1ccc(F)c(-n2c(=O)n(CC3CCC(NC(=O)c4cc(Cl)cnc4C(F)(F)F)CC3)c3cnccc32)c1. The second-order valence-corrected chi connectivity index (χ2v) is 10.1. The first-order valence-corrected chi connectivity index (χ1v) is 12.9. The van der Waals surface area contributed by atoms with Crippen LogP contribution in [0.25, 0.3) is 16.7 Å². The fraction of sp³-hybridized carbons (Fsp3) is 0.333. The highest BCUT2D eigenvalue weighted by molar-refractivity contribution is 6.30. The molecular formula is C27H24ClF4N5O3. The van der Waals surface area contributed by atoms with Crippen molar-refractivity contribution in [3.8, 4) is 11.4 Å². The van der Waals surface area contributed by atoms with E-state index >= 15 is 0 Å². The molecule has 1 saturated carbocycles. The molecule has 4 aromatic rings. The molecule has 1 aliphatic carbocycles. The molecule has 13 heteroatoms. The number of fused-ring (bicyclic) bond motifs is 1. The number of carbonyl (C=O) groups excluding carboxylic acids is 1. The van der Waals surface area contributed by atoms with Crippen molar-refractivity contribution < 1.29 is 27.1 Å². The summed E-state index contributed by atoms with van der Waals surface area (Å²) < 4.78 is 62.9. The molecule has 1 aliphatic rings. The highest BCUT2D eigenvalue weighted by Gasteiger charge is 2.38. The maximum Gasteiger partial charge on any atom is 0.434 e. The maximum atomic E-state index is 14.8. The largest absolute Gasteiger partial charge is 0.497 e. The number of carbonyl (C=O) groups is 1. The number of alkyl halides is 3. The third-order valence-corrected chi connectivity index (χ3v) is 7.32. The molecule has 0 atom stereocenters. The van der Waals surface area contributed by atoms with Gasteiger partial charge in [0.15, 0.2) is 5.69 Å². The molecule has 1 fully saturated rings. The number of hydrogen-bond acceptors (Lipinski definition) is 5. The first kappa shape index (κ1) is 27.6. The van der Waals surface area contributed by atoms with Crippen molar-refractivity contribution >= 4 is 28.5 Å². The molecule has 0 bridgehead atoms. The van der Waals surface area contributed by atoms with Gasteiger partial charge in [-0.3, -0.25) is 18.9 Å². The molecule has 5 rings (SSSR count). The number of hydrogen-bond donors (Lipinski definition) is 1. The number of rotatable bonds is 6. The molecule has 0 radical (unpaired) electrons. The Labute approximate surface area is 230 Å². The minimum atomic E-state index is -4.80. The van der Waals surface area contributed by atoms with E-state index in [2.05, 4.69) is 15.3 Å². The van der Waals surface area contributed by atoms with Crippen LogP contribution in [0.3, 0.4) is 0 Å². The van der Waals surface area contributed by atoms with E-state index in [-0.39, 0.29) is 22.7 Å². The third kappa shape index (κ3) is 5.40. The van der Waals surface area contributed by atoms with E-state index in [1.165, 1.54) is 36.1 Å². The van der Waals surface area contributed by atoms with Crippen molar-refractivity contribution in [1.29, 1.82) is 0 Å². The molecule has 3 heterocycles. The topological polar surface area (TPSA) is 91.0 Å². The summed E-state index contributed by atoms with van der Waals surface area (Å²) >= 11 is 5.80. The Morgan fingerprint density at radius 2 is 1.88 bits per heavy atom. The van der Waals surface area contributed by atoms with Gasteiger partial charge in [0, 0.05) is 31.0 Å². The first-order valence-electron chi connectivity index (χ1n) is 12.5. The van der Waals surface area contributed by atoms with Crippen LogP contribution in [0.2, 0.25) is 5.02 Å². The molecular weight excluding hydrogens is 554 g/mol. The molecule has 210 valence electrons.